The van der Waals surface area contributed by atoms with Crippen LogP contribution in [0.5, 0.6) is 0 Å². The minimum Gasteiger partial charge on any atom is -0.338 e. The van der Waals surface area contributed by atoms with Gasteiger partial charge >= 0.3 is 0 Å². The van der Waals surface area contributed by atoms with E-state index in [4.69, 9.17) is 4.52 Å². The van der Waals surface area contributed by atoms with Gasteiger partial charge in [-0.2, -0.15) is 22.4 Å². The van der Waals surface area contributed by atoms with Gasteiger partial charge in [-0.05, 0) is 6.08 Å². The Morgan fingerprint density at radius 1 is 1.45 bits per heavy atom. The lowest BCUT2D eigenvalue weighted by molar-refractivity contribution is -0.118. The number of dihydropyridines is 1. The standard InChI is InChI=1S/C10H13N5O4S/c1-15(2)20(17,18)12-6-8-13-9(14-19-8)7-4-3-5-11-10(7)16/h3-5,7,12H,6H2,1-2H3. The highest BCUT2D eigenvalue weighted by Gasteiger charge is 2.24. The van der Waals surface area contributed by atoms with Crippen LogP contribution in [0.4, 0.5) is 0 Å². The Balaban J connectivity index is 2.05. The van der Waals surface area contributed by atoms with Crippen molar-refractivity contribution in [3.63, 3.8) is 0 Å². The van der Waals surface area contributed by atoms with Crippen LogP contribution >= 0.6 is 0 Å². The van der Waals surface area contributed by atoms with Crippen LogP contribution in [0, 0.1) is 0 Å². The smallest absolute Gasteiger partial charge is 0.279 e. The number of amides is 1. The normalized spacial score (nSPS) is 18.9. The van der Waals surface area contributed by atoms with Gasteiger partial charge in [-0.15, -0.1) is 0 Å². The number of rotatable bonds is 5. The van der Waals surface area contributed by atoms with Gasteiger partial charge < -0.3 is 4.52 Å². The predicted molar refractivity (Wildman–Crippen MR) is 69.1 cm³/mol. The largest absolute Gasteiger partial charge is 0.338 e. The van der Waals surface area contributed by atoms with Crippen molar-refractivity contribution in [2.75, 3.05) is 14.1 Å². The maximum atomic E-state index is 11.5. The van der Waals surface area contributed by atoms with Crippen molar-refractivity contribution in [1.29, 1.82) is 0 Å². The predicted octanol–water partition coefficient (Wildman–Crippen LogP) is -0.784. The number of aliphatic imine (C=N–C) groups is 1. The molecule has 1 aromatic rings. The molecule has 1 atom stereocenters. The number of carbonyl (C=O) groups is 1. The first-order valence-corrected chi connectivity index (χ1v) is 7.08. The molecule has 1 amide bonds. The van der Waals surface area contributed by atoms with Gasteiger partial charge in [0.1, 0.15) is 5.92 Å². The first-order chi connectivity index (χ1) is 9.40. The summed E-state index contributed by atoms with van der Waals surface area (Å²) in [5.41, 5.74) is 0. The van der Waals surface area contributed by atoms with E-state index in [2.05, 4.69) is 19.9 Å². The lowest BCUT2D eigenvalue weighted by Crippen LogP contribution is -2.35. The minimum atomic E-state index is -3.57. The Morgan fingerprint density at radius 2 is 2.20 bits per heavy atom. The molecule has 1 N–H and O–H groups in total. The molecule has 0 spiro atoms. The van der Waals surface area contributed by atoms with E-state index in [1.54, 1.807) is 12.2 Å². The molecule has 0 saturated heterocycles. The van der Waals surface area contributed by atoms with E-state index in [1.807, 2.05) is 0 Å². The Labute approximate surface area is 115 Å². The molecule has 1 aliphatic heterocycles. The molecule has 10 heteroatoms. The summed E-state index contributed by atoms with van der Waals surface area (Å²) in [6, 6.07) is 0. The average Bonchev–Trinajstić information content (AvgIpc) is 2.85. The Hall–Kier alpha value is -1.91. The van der Waals surface area contributed by atoms with Crippen molar-refractivity contribution in [3.8, 4) is 0 Å². The summed E-state index contributed by atoms with van der Waals surface area (Å²) in [5.74, 6) is -0.861. The quantitative estimate of drug-likeness (QED) is 0.761. The van der Waals surface area contributed by atoms with E-state index in [9.17, 15) is 13.2 Å². The van der Waals surface area contributed by atoms with Crippen molar-refractivity contribution >= 4 is 22.3 Å². The minimum absolute atomic E-state index is 0.0705. The first kappa shape index (κ1) is 14.5. The van der Waals surface area contributed by atoms with Crippen molar-refractivity contribution in [2.45, 2.75) is 12.5 Å². The molecule has 0 fully saturated rings. The van der Waals surface area contributed by atoms with Crippen LogP contribution in [0.3, 0.4) is 0 Å². The molecule has 0 aliphatic carbocycles. The highest BCUT2D eigenvalue weighted by molar-refractivity contribution is 7.87. The maximum absolute atomic E-state index is 11.5. The zero-order valence-corrected chi connectivity index (χ0v) is 11.7. The van der Waals surface area contributed by atoms with Crippen LogP contribution in [0.15, 0.2) is 21.7 Å². The maximum Gasteiger partial charge on any atom is 0.279 e. The lowest BCUT2D eigenvalue weighted by atomic mass is 10.1. The summed E-state index contributed by atoms with van der Waals surface area (Å²) >= 11 is 0. The third kappa shape index (κ3) is 3.15. The van der Waals surface area contributed by atoms with E-state index >= 15 is 0 Å². The molecule has 0 saturated carbocycles. The SMILES string of the molecule is CN(C)S(=O)(=O)NCc1nc(C2C=CC=NC2=O)no1. The van der Waals surface area contributed by atoms with Gasteiger partial charge in [0.2, 0.25) is 5.89 Å². The van der Waals surface area contributed by atoms with Crippen LogP contribution in [0.25, 0.3) is 0 Å². The highest BCUT2D eigenvalue weighted by Crippen LogP contribution is 2.17. The Morgan fingerprint density at radius 3 is 2.85 bits per heavy atom. The number of hydrogen-bond donors (Lipinski definition) is 1. The fourth-order valence-electron chi connectivity index (χ4n) is 1.38. The summed E-state index contributed by atoms with van der Waals surface area (Å²) < 4.78 is 31.2. The second-order valence-electron chi connectivity index (χ2n) is 4.13. The second-order valence-corrected chi connectivity index (χ2v) is 6.10. The van der Waals surface area contributed by atoms with Crippen LogP contribution in [0.2, 0.25) is 0 Å². The van der Waals surface area contributed by atoms with Gasteiger partial charge in [0.05, 0.1) is 6.54 Å². The molecular weight excluding hydrogens is 286 g/mol. The van der Waals surface area contributed by atoms with Gasteiger partial charge in [-0.3, -0.25) is 4.79 Å². The molecule has 1 unspecified atom stereocenters. The van der Waals surface area contributed by atoms with E-state index in [-0.39, 0.29) is 18.3 Å². The van der Waals surface area contributed by atoms with Crippen molar-refractivity contribution in [3.05, 3.63) is 23.9 Å². The van der Waals surface area contributed by atoms with Crippen molar-refractivity contribution < 1.29 is 17.7 Å². The fraction of sp³-hybridized carbons (Fsp3) is 0.400. The third-order valence-corrected chi connectivity index (χ3v) is 3.98. The van der Waals surface area contributed by atoms with Gasteiger partial charge in [0, 0.05) is 20.3 Å². The number of allylic oxidation sites excluding steroid dienone is 1. The van der Waals surface area contributed by atoms with Gasteiger partial charge in [0.15, 0.2) is 5.82 Å². The average molecular weight is 299 g/mol. The topological polar surface area (TPSA) is 118 Å². The molecule has 1 aliphatic rings. The van der Waals surface area contributed by atoms with Gasteiger partial charge in [-0.1, -0.05) is 11.2 Å². The molecule has 0 radical (unpaired) electrons. The summed E-state index contributed by atoms with van der Waals surface area (Å²) in [6.45, 7) is -0.151. The van der Waals surface area contributed by atoms with E-state index < -0.39 is 22.0 Å². The van der Waals surface area contributed by atoms with E-state index in [0.29, 0.717) is 0 Å². The van der Waals surface area contributed by atoms with Crippen LogP contribution in [-0.2, 0) is 21.5 Å². The number of hydrogen-bond acceptors (Lipinski definition) is 6. The highest BCUT2D eigenvalue weighted by atomic mass is 32.2. The van der Waals surface area contributed by atoms with E-state index in [1.165, 1.54) is 20.3 Å². The summed E-state index contributed by atoms with van der Waals surface area (Å²) in [7, 11) is -0.784. The first-order valence-electron chi connectivity index (χ1n) is 5.64. The van der Waals surface area contributed by atoms with E-state index in [0.717, 1.165) is 4.31 Å². The Bertz CT molecular complexity index is 661. The molecule has 0 bridgehead atoms. The zero-order chi connectivity index (χ0) is 14.8. The van der Waals surface area contributed by atoms with Gasteiger partial charge in [0.25, 0.3) is 16.1 Å². The molecule has 108 valence electrons. The molecule has 0 aromatic carbocycles. The number of aromatic nitrogens is 2. The Kier molecular flexibility index (Phi) is 4.06. The monoisotopic (exact) mass is 299 g/mol. The fourth-order valence-corrected chi connectivity index (χ4v) is 1.95. The van der Waals surface area contributed by atoms with Crippen LogP contribution < -0.4 is 4.72 Å². The van der Waals surface area contributed by atoms with Crippen molar-refractivity contribution in [2.24, 2.45) is 4.99 Å². The summed E-state index contributed by atoms with van der Waals surface area (Å²) in [4.78, 5) is 19.1. The molecule has 1 aromatic heterocycles. The molecule has 20 heavy (non-hydrogen) atoms. The number of nitrogens with zero attached hydrogens (tertiary/aromatic N) is 4. The molecule has 2 rings (SSSR count). The molecule has 2 heterocycles. The molecule has 9 nitrogen and oxygen atoms in total. The van der Waals surface area contributed by atoms with Crippen LogP contribution in [0.1, 0.15) is 17.6 Å². The lowest BCUT2D eigenvalue weighted by Gasteiger charge is -2.10. The number of carbonyl (C=O) groups excluding carboxylic acids is 1. The second kappa shape index (κ2) is 5.61. The van der Waals surface area contributed by atoms with Gasteiger partial charge in [-0.25, -0.2) is 4.99 Å². The van der Waals surface area contributed by atoms with Crippen LogP contribution in [-0.4, -0.2) is 49.1 Å². The van der Waals surface area contributed by atoms with Crippen molar-refractivity contribution in [1.82, 2.24) is 19.2 Å². The third-order valence-electron chi connectivity index (χ3n) is 2.51. The summed E-state index contributed by atoms with van der Waals surface area (Å²) in [6.07, 6.45) is 4.58. The zero-order valence-electron chi connectivity index (χ0n) is 10.8. The molecular formula is C10H13N5O4S. The summed E-state index contributed by atoms with van der Waals surface area (Å²) in [5, 5.41) is 3.66. The number of nitrogens with one attached hydrogen (secondary N) is 1.